The van der Waals surface area contributed by atoms with E-state index in [0.29, 0.717) is 44.3 Å². The standard InChI is InChI=1S/C75H136O10.C8H15NO2/c1-61(2)51-41-31-21-11-16-26-36-46-56-81-71(76)66-67(72(77)82-57-47-37-27-17-12-22-32-42-52-62(3)4)69(74(79)84-59-49-39-29-19-14-24-34-44-54-64(7)8)70(75(80)85-60-50-40-30-20-15-25-35-45-55-65(9)10)68(66)73(78)83-58-48-38-28-18-13-23-33-43-53-63(5)6;1-7(2)8(10)11-6-5-9(3)4/h61-66H,11-60H2,1-10H3;1,5-6H2,2-4H3. The number of hydrogen-bond donors (Lipinski definition) is 0. The first-order valence-electron chi connectivity index (χ1n) is 39.9. The summed E-state index contributed by atoms with van der Waals surface area (Å²) >= 11 is 0. The van der Waals surface area contributed by atoms with Gasteiger partial charge in [0.15, 0.2) is 0 Å². The van der Waals surface area contributed by atoms with E-state index < -0.39 is 58.1 Å². The summed E-state index contributed by atoms with van der Waals surface area (Å²) in [6.07, 6.45) is 48.3. The molecule has 0 saturated heterocycles. The summed E-state index contributed by atoms with van der Waals surface area (Å²) in [4.78, 5) is 86.6. The fourth-order valence-corrected chi connectivity index (χ4v) is 12.0. The van der Waals surface area contributed by atoms with Gasteiger partial charge < -0.3 is 33.3 Å². The van der Waals surface area contributed by atoms with Crippen LogP contribution in [-0.4, -0.2) is 101 Å². The van der Waals surface area contributed by atoms with Gasteiger partial charge in [-0.25, -0.2) is 24.0 Å². The maximum absolute atomic E-state index is 14.8. The van der Waals surface area contributed by atoms with Gasteiger partial charge in [-0.1, -0.05) is 333 Å². The third kappa shape index (κ3) is 53.0. The van der Waals surface area contributed by atoms with Crippen molar-refractivity contribution in [3.05, 3.63) is 34.4 Å². The molecule has 0 heterocycles. The molecule has 0 aromatic heterocycles. The van der Waals surface area contributed by atoms with Gasteiger partial charge in [0.1, 0.15) is 12.5 Å². The zero-order chi connectivity index (χ0) is 71.4. The molecule has 96 heavy (non-hydrogen) atoms. The van der Waals surface area contributed by atoms with Gasteiger partial charge in [0.05, 0.1) is 55.3 Å². The minimum Gasteiger partial charge on any atom is -0.465 e. The molecule has 13 nitrogen and oxygen atoms in total. The Kier molecular flexibility index (Phi) is 60.6. The number of rotatable bonds is 64. The van der Waals surface area contributed by atoms with Crippen LogP contribution in [-0.2, 0) is 57.2 Å². The third-order valence-electron chi connectivity index (χ3n) is 18.1. The number of esters is 6. The molecule has 0 aromatic carbocycles. The first-order chi connectivity index (χ1) is 46.1. The molecule has 0 fully saturated rings. The van der Waals surface area contributed by atoms with E-state index in [9.17, 15) is 28.8 Å². The third-order valence-corrected chi connectivity index (χ3v) is 18.1. The monoisotopic (exact) mass is 1350 g/mol. The van der Waals surface area contributed by atoms with E-state index in [4.69, 9.17) is 28.4 Å². The number of carbonyl (C=O) groups excluding carboxylic acids is 6. The number of carbonyl (C=O) groups is 6. The summed E-state index contributed by atoms with van der Waals surface area (Å²) in [5, 5.41) is 0. The molecule has 0 N–H and O–H groups in total. The second-order valence-corrected chi connectivity index (χ2v) is 30.5. The van der Waals surface area contributed by atoms with E-state index in [1.807, 2.05) is 19.0 Å². The molecule has 0 atom stereocenters. The lowest BCUT2D eigenvalue weighted by molar-refractivity contribution is -0.152. The molecule has 560 valence electrons. The van der Waals surface area contributed by atoms with E-state index in [0.717, 1.165) is 158 Å². The number of nitrogens with zero attached hydrogens (tertiary/aromatic N) is 1. The lowest BCUT2D eigenvalue weighted by Gasteiger charge is -2.18. The Morgan fingerprint density at radius 3 is 0.729 bits per heavy atom. The number of ether oxygens (including phenoxy) is 6. The average Bonchev–Trinajstić information content (AvgIpc) is 1.59. The first-order valence-corrected chi connectivity index (χ1v) is 39.9. The molecule has 13 heteroatoms. The number of unbranched alkanes of at least 4 members (excludes halogenated alkanes) is 35. The Labute approximate surface area is 590 Å². The van der Waals surface area contributed by atoms with Crippen molar-refractivity contribution in [2.75, 3.05) is 60.3 Å². The molecule has 0 bridgehead atoms. The van der Waals surface area contributed by atoms with E-state index in [1.54, 1.807) is 6.92 Å². The van der Waals surface area contributed by atoms with Crippen molar-refractivity contribution < 1.29 is 57.2 Å². The Hall–Kier alpha value is -4.00. The van der Waals surface area contributed by atoms with E-state index in [2.05, 4.69) is 75.8 Å². The lowest BCUT2D eigenvalue weighted by atomic mass is 9.94. The highest BCUT2D eigenvalue weighted by Gasteiger charge is 2.52. The van der Waals surface area contributed by atoms with Crippen molar-refractivity contribution >= 4 is 35.8 Å². The van der Waals surface area contributed by atoms with Gasteiger partial charge in [-0.2, -0.15) is 0 Å². The maximum atomic E-state index is 14.8. The van der Waals surface area contributed by atoms with Crippen molar-refractivity contribution in [1.82, 2.24) is 4.90 Å². The first kappa shape index (κ1) is 92.0. The molecule has 0 unspecified atom stereocenters. The molecule has 1 aliphatic carbocycles. The van der Waals surface area contributed by atoms with Crippen LogP contribution >= 0.6 is 0 Å². The Morgan fingerprint density at radius 2 is 0.510 bits per heavy atom. The summed E-state index contributed by atoms with van der Waals surface area (Å²) in [6, 6.07) is 0. The van der Waals surface area contributed by atoms with E-state index in [1.165, 1.54) is 135 Å². The molecular weight excluding hydrogens is 1200 g/mol. The van der Waals surface area contributed by atoms with Crippen molar-refractivity contribution in [1.29, 1.82) is 0 Å². The summed E-state index contributed by atoms with van der Waals surface area (Å²) < 4.78 is 34.7. The van der Waals surface area contributed by atoms with Crippen LogP contribution in [0.1, 0.15) is 365 Å². The molecule has 1 rings (SSSR count). The van der Waals surface area contributed by atoms with Gasteiger partial charge in [0.25, 0.3) is 0 Å². The van der Waals surface area contributed by atoms with Crippen LogP contribution in [0.4, 0.5) is 0 Å². The molecule has 0 aliphatic heterocycles. The molecule has 0 aromatic rings. The highest BCUT2D eigenvalue weighted by molar-refractivity contribution is 6.22. The summed E-state index contributed by atoms with van der Waals surface area (Å²) in [7, 11) is 3.85. The highest BCUT2D eigenvalue weighted by Crippen LogP contribution is 2.42. The predicted octanol–water partition coefficient (Wildman–Crippen LogP) is 22.4. The largest absolute Gasteiger partial charge is 0.465 e. The van der Waals surface area contributed by atoms with Crippen molar-refractivity contribution in [3.63, 3.8) is 0 Å². The Morgan fingerprint density at radius 1 is 0.302 bits per heavy atom. The van der Waals surface area contributed by atoms with Crippen LogP contribution in [0.2, 0.25) is 0 Å². The highest BCUT2D eigenvalue weighted by atomic mass is 16.6. The molecule has 0 spiro atoms. The van der Waals surface area contributed by atoms with Crippen LogP contribution < -0.4 is 0 Å². The van der Waals surface area contributed by atoms with E-state index in [-0.39, 0.29) is 39.0 Å². The summed E-state index contributed by atoms with van der Waals surface area (Å²) in [5.41, 5.74) is -1.23. The molecular formula is C83H151NO12. The number of likely N-dealkylation sites (N-methyl/N-ethyl adjacent to an activating group) is 1. The zero-order valence-corrected chi connectivity index (χ0v) is 64.8. The molecule has 0 saturated carbocycles. The summed E-state index contributed by atoms with van der Waals surface area (Å²) in [5.74, 6) is -3.10. The zero-order valence-electron chi connectivity index (χ0n) is 64.8. The second kappa shape index (κ2) is 63.2. The van der Waals surface area contributed by atoms with Gasteiger partial charge >= 0.3 is 35.8 Å². The second-order valence-electron chi connectivity index (χ2n) is 30.5. The van der Waals surface area contributed by atoms with Gasteiger partial charge in [-0.15, -0.1) is 0 Å². The topological polar surface area (TPSA) is 161 Å². The minimum atomic E-state index is -1.73. The van der Waals surface area contributed by atoms with Gasteiger partial charge in [0.2, 0.25) is 0 Å². The maximum Gasteiger partial charge on any atom is 0.339 e. The SMILES string of the molecule is C=C(C)C(=O)OCCN(C)C.CC(C)CCCCCCCCCCOC(=O)C1=C(C(=O)OCCCCCCCCCCC(C)C)C(C(=O)OCCCCCCCCCCC(C)C)C(C(=O)OCCCCCCCCCCC(C)C)=C1C(=O)OCCCCCCCCCCC(C)C. The average molecular weight is 1360 g/mol. The van der Waals surface area contributed by atoms with Crippen molar-refractivity contribution in [2.45, 2.75) is 365 Å². The normalized spacial score (nSPS) is 12.6. The van der Waals surface area contributed by atoms with Crippen LogP contribution in [0, 0.1) is 35.5 Å². The fourth-order valence-electron chi connectivity index (χ4n) is 12.0. The van der Waals surface area contributed by atoms with Gasteiger partial charge in [0, 0.05) is 12.1 Å². The number of hydrogen-bond acceptors (Lipinski definition) is 13. The Balaban J connectivity index is 0.00000745. The van der Waals surface area contributed by atoms with Crippen LogP contribution in [0.5, 0.6) is 0 Å². The van der Waals surface area contributed by atoms with Crippen LogP contribution in [0.25, 0.3) is 0 Å². The molecule has 0 amide bonds. The predicted molar refractivity (Wildman–Crippen MR) is 399 cm³/mol. The Bertz CT molecular complexity index is 1950. The van der Waals surface area contributed by atoms with Gasteiger partial charge in [-0.3, -0.25) is 4.79 Å². The van der Waals surface area contributed by atoms with Gasteiger partial charge in [-0.05, 0) is 82.7 Å². The van der Waals surface area contributed by atoms with Crippen molar-refractivity contribution in [2.24, 2.45) is 35.5 Å². The van der Waals surface area contributed by atoms with Crippen LogP contribution in [0.15, 0.2) is 34.4 Å². The van der Waals surface area contributed by atoms with Crippen molar-refractivity contribution in [3.8, 4) is 0 Å². The lowest BCUT2D eigenvalue weighted by Crippen LogP contribution is -2.30. The summed E-state index contributed by atoms with van der Waals surface area (Å²) in [6.45, 7) is 29.2. The molecule has 1 aliphatic rings. The fraction of sp³-hybridized carbons (Fsp3) is 0.855. The minimum absolute atomic E-state index is 0.0433. The van der Waals surface area contributed by atoms with E-state index >= 15 is 0 Å². The quantitative estimate of drug-likeness (QED) is 0.0245. The molecule has 0 radical (unpaired) electrons. The van der Waals surface area contributed by atoms with Crippen LogP contribution in [0.3, 0.4) is 0 Å². The smallest absolute Gasteiger partial charge is 0.339 e.